The summed E-state index contributed by atoms with van der Waals surface area (Å²) in [5.74, 6) is -0.709. The molecule has 0 unspecified atom stereocenters. The van der Waals surface area contributed by atoms with Crippen LogP contribution in [-0.4, -0.2) is 22.8 Å². The SMILES string of the molecule is O=C(Nc1cc(C(=O)N(Cc2ccc(F)cc2)C2CC2)ccc1Cl)c1cccs1. The van der Waals surface area contributed by atoms with Crippen LogP contribution in [0.2, 0.25) is 5.02 Å². The minimum atomic E-state index is -0.304. The number of carbonyl (C=O) groups excluding carboxylic acids is 2. The molecule has 1 N–H and O–H groups in total. The molecule has 2 aromatic carbocycles. The lowest BCUT2D eigenvalue weighted by atomic mass is 10.1. The minimum absolute atomic E-state index is 0.139. The molecule has 2 amide bonds. The van der Waals surface area contributed by atoms with Gasteiger partial charge in [-0.2, -0.15) is 0 Å². The summed E-state index contributed by atoms with van der Waals surface area (Å²) >= 11 is 7.56. The Morgan fingerprint density at radius 3 is 2.55 bits per heavy atom. The number of thiophene rings is 1. The van der Waals surface area contributed by atoms with Crippen LogP contribution in [-0.2, 0) is 6.54 Å². The highest BCUT2D eigenvalue weighted by molar-refractivity contribution is 7.12. The van der Waals surface area contributed by atoms with Crippen molar-refractivity contribution < 1.29 is 14.0 Å². The highest BCUT2D eigenvalue weighted by Crippen LogP contribution is 2.31. The number of benzene rings is 2. The summed E-state index contributed by atoms with van der Waals surface area (Å²) in [6.45, 7) is 0.406. The zero-order chi connectivity index (χ0) is 20.4. The molecule has 7 heteroatoms. The van der Waals surface area contributed by atoms with Gasteiger partial charge in [-0.3, -0.25) is 9.59 Å². The van der Waals surface area contributed by atoms with Crippen molar-refractivity contribution in [2.75, 3.05) is 5.32 Å². The summed E-state index contributed by atoms with van der Waals surface area (Å²) in [7, 11) is 0. The Balaban J connectivity index is 1.55. The van der Waals surface area contributed by atoms with Crippen LogP contribution in [0.25, 0.3) is 0 Å². The van der Waals surface area contributed by atoms with E-state index in [-0.39, 0.29) is 23.7 Å². The standard InChI is InChI=1S/C22H18ClFN2O2S/c23-18-10-5-15(12-19(18)25-21(27)20-2-1-11-29-20)22(28)26(17-8-9-17)13-14-3-6-16(24)7-4-14/h1-7,10-12,17H,8-9,13H2,(H,25,27). The second-order valence-electron chi connectivity index (χ2n) is 6.92. The molecule has 0 spiro atoms. The summed E-state index contributed by atoms with van der Waals surface area (Å²) in [5, 5.41) is 4.96. The maximum Gasteiger partial charge on any atom is 0.265 e. The molecule has 4 rings (SSSR count). The van der Waals surface area contributed by atoms with E-state index in [0.29, 0.717) is 27.7 Å². The van der Waals surface area contributed by atoms with Crippen molar-refractivity contribution >= 4 is 40.4 Å². The van der Waals surface area contributed by atoms with Crippen LogP contribution in [0, 0.1) is 5.82 Å². The number of anilines is 1. The fourth-order valence-electron chi connectivity index (χ4n) is 3.05. The average molecular weight is 429 g/mol. The number of carbonyl (C=O) groups is 2. The van der Waals surface area contributed by atoms with Gasteiger partial charge in [0.15, 0.2) is 0 Å². The molecule has 4 nitrogen and oxygen atoms in total. The molecule has 1 fully saturated rings. The lowest BCUT2D eigenvalue weighted by Gasteiger charge is -2.23. The Bertz CT molecular complexity index is 1030. The summed E-state index contributed by atoms with van der Waals surface area (Å²) in [4.78, 5) is 27.9. The molecule has 1 saturated carbocycles. The number of hydrogen-bond acceptors (Lipinski definition) is 3. The lowest BCUT2D eigenvalue weighted by Crippen LogP contribution is -2.32. The maximum absolute atomic E-state index is 13.2. The molecule has 0 saturated heterocycles. The van der Waals surface area contributed by atoms with Crippen LogP contribution in [0.1, 0.15) is 38.4 Å². The molecule has 0 radical (unpaired) electrons. The maximum atomic E-state index is 13.2. The molecule has 3 aromatic rings. The van der Waals surface area contributed by atoms with Gasteiger partial charge < -0.3 is 10.2 Å². The minimum Gasteiger partial charge on any atom is -0.331 e. The van der Waals surface area contributed by atoms with E-state index in [2.05, 4.69) is 5.32 Å². The van der Waals surface area contributed by atoms with Gasteiger partial charge in [0.25, 0.3) is 11.8 Å². The van der Waals surface area contributed by atoms with E-state index < -0.39 is 0 Å². The topological polar surface area (TPSA) is 49.4 Å². The Labute approximate surface area is 176 Å². The van der Waals surface area contributed by atoms with Crippen LogP contribution in [0.15, 0.2) is 60.0 Å². The van der Waals surface area contributed by atoms with E-state index in [1.807, 2.05) is 5.38 Å². The fourth-order valence-corrected chi connectivity index (χ4v) is 3.83. The summed E-state index contributed by atoms with van der Waals surface area (Å²) < 4.78 is 13.2. The monoisotopic (exact) mass is 428 g/mol. The van der Waals surface area contributed by atoms with Gasteiger partial charge in [-0.1, -0.05) is 29.8 Å². The lowest BCUT2D eigenvalue weighted by molar-refractivity contribution is 0.0729. The molecule has 1 aliphatic carbocycles. The Kier molecular flexibility index (Phi) is 5.65. The molecule has 1 heterocycles. The van der Waals surface area contributed by atoms with Crippen LogP contribution in [0.3, 0.4) is 0 Å². The smallest absolute Gasteiger partial charge is 0.265 e. The molecular weight excluding hydrogens is 411 g/mol. The van der Waals surface area contributed by atoms with Crippen molar-refractivity contribution in [3.05, 3.63) is 86.8 Å². The van der Waals surface area contributed by atoms with Gasteiger partial charge in [0, 0.05) is 18.2 Å². The molecule has 1 aliphatic rings. The first-order valence-corrected chi connectivity index (χ1v) is 10.5. The predicted octanol–water partition coefficient (Wildman–Crippen LogP) is 5.60. The fraction of sp³-hybridized carbons (Fsp3) is 0.182. The number of amides is 2. The Morgan fingerprint density at radius 2 is 1.90 bits per heavy atom. The van der Waals surface area contributed by atoms with Crippen molar-refractivity contribution in [3.8, 4) is 0 Å². The van der Waals surface area contributed by atoms with Crippen molar-refractivity contribution in [2.45, 2.75) is 25.4 Å². The van der Waals surface area contributed by atoms with Gasteiger partial charge in [0.1, 0.15) is 5.82 Å². The Hall–Kier alpha value is -2.70. The average Bonchev–Trinajstić information content (AvgIpc) is 3.40. The van der Waals surface area contributed by atoms with E-state index in [0.717, 1.165) is 18.4 Å². The third kappa shape index (κ3) is 4.66. The van der Waals surface area contributed by atoms with E-state index in [1.54, 1.807) is 47.4 Å². The predicted molar refractivity (Wildman–Crippen MR) is 113 cm³/mol. The largest absolute Gasteiger partial charge is 0.331 e. The molecule has 148 valence electrons. The zero-order valence-corrected chi connectivity index (χ0v) is 17.0. The molecule has 0 aliphatic heterocycles. The first kappa shape index (κ1) is 19.6. The summed E-state index contributed by atoms with van der Waals surface area (Å²) in [5.41, 5.74) is 1.71. The van der Waals surface area contributed by atoms with Crippen molar-refractivity contribution in [3.63, 3.8) is 0 Å². The van der Waals surface area contributed by atoms with Crippen LogP contribution < -0.4 is 5.32 Å². The van der Waals surface area contributed by atoms with Crippen molar-refractivity contribution in [1.82, 2.24) is 4.90 Å². The third-order valence-corrected chi connectivity index (χ3v) is 5.92. The number of rotatable bonds is 6. The van der Waals surface area contributed by atoms with E-state index >= 15 is 0 Å². The third-order valence-electron chi connectivity index (χ3n) is 4.72. The number of nitrogens with zero attached hydrogens (tertiary/aromatic N) is 1. The van der Waals surface area contributed by atoms with Crippen molar-refractivity contribution in [1.29, 1.82) is 0 Å². The molecule has 0 atom stereocenters. The van der Waals surface area contributed by atoms with Gasteiger partial charge >= 0.3 is 0 Å². The summed E-state index contributed by atoms with van der Waals surface area (Å²) in [6, 6.07) is 14.7. The number of nitrogens with one attached hydrogen (secondary N) is 1. The van der Waals surface area contributed by atoms with Crippen molar-refractivity contribution in [2.24, 2.45) is 0 Å². The van der Waals surface area contributed by atoms with E-state index in [1.165, 1.54) is 23.5 Å². The Morgan fingerprint density at radius 1 is 1.14 bits per heavy atom. The summed E-state index contributed by atoms with van der Waals surface area (Å²) in [6.07, 6.45) is 1.89. The highest BCUT2D eigenvalue weighted by Gasteiger charge is 2.33. The molecular formula is C22H18ClFN2O2S. The van der Waals surface area contributed by atoms with E-state index in [4.69, 9.17) is 11.6 Å². The molecule has 1 aromatic heterocycles. The number of hydrogen-bond donors (Lipinski definition) is 1. The second-order valence-corrected chi connectivity index (χ2v) is 8.27. The quantitative estimate of drug-likeness (QED) is 0.555. The van der Waals surface area contributed by atoms with Gasteiger partial charge in [0.2, 0.25) is 0 Å². The van der Waals surface area contributed by atoms with Gasteiger partial charge in [-0.25, -0.2) is 4.39 Å². The normalized spacial score (nSPS) is 13.2. The van der Waals surface area contributed by atoms with Crippen LogP contribution >= 0.6 is 22.9 Å². The first-order chi connectivity index (χ1) is 14.0. The second kappa shape index (κ2) is 8.35. The van der Waals surface area contributed by atoms with Gasteiger partial charge in [-0.15, -0.1) is 11.3 Å². The first-order valence-electron chi connectivity index (χ1n) is 9.21. The van der Waals surface area contributed by atoms with Gasteiger partial charge in [-0.05, 0) is 60.2 Å². The van der Waals surface area contributed by atoms with Crippen LogP contribution in [0.4, 0.5) is 10.1 Å². The zero-order valence-electron chi connectivity index (χ0n) is 15.4. The van der Waals surface area contributed by atoms with Crippen LogP contribution in [0.5, 0.6) is 0 Å². The molecule has 0 bridgehead atoms. The van der Waals surface area contributed by atoms with E-state index in [9.17, 15) is 14.0 Å². The number of halogens is 2. The molecule has 29 heavy (non-hydrogen) atoms. The highest BCUT2D eigenvalue weighted by atomic mass is 35.5. The van der Waals surface area contributed by atoms with Gasteiger partial charge in [0.05, 0.1) is 15.6 Å².